The van der Waals surface area contributed by atoms with E-state index in [4.69, 9.17) is 0 Å². The number of hydrogen-bond acceptors (Lipinski definition) is 6. The fraction of sp³-hybridized carbons (Fsp3) is 0.222. The van der Waals surface area contributed by atoms with E-state index in [1.807, 2.05) is 0 Å². The maximum Gasteiger partial charge on any atom is 0.378 e. The van der Waals surface area contributed by atoms with Gasteiger partial charge in [-0.2, -0.15) is 0 Å². The summed E-state index contributed by atoms with van der Waals surface area (Å²) in [5.74, 6) is -2.37. The molecule has 0 aromatic carbocycles. The van der Waals surface area contributed by atoms with Crippen molar-refractivity contribution in [1.82, 2.24) is 0 Å². The van der Waals surface area contributed by atoms with Crippen molar-refractivity contribution in [3.8, 4) is 0 Å². The Labute approximate surface area is 86.0 Å². The highest BCUT2D eigenvalue weighted by Gasteiger charge is 2.10. The summed E-state index contributed by atoms with van der Waals surface area (Å²) in [4.78, 5) is 40.0. The van der Waals surface area contributed by atoms with Crippen molar-refractivity contribution in [3.63, 3.8) is 0 Å². The van der Waals surface area contributed by atoms with E-state index in [-0.39, 0.29) is 12.8 Å². The van der Waals surface area contributed by atoms with Crippen molar-refractivity contribution in [2.75, 3.05) is 0 Å². The molecule has 0 saturated carbocycles. The topological polar surface area (TPSA) is 78.9 Å². The fourth-order valence-corrected chi connectivity index (χ4v) is 0.519. The standard InChI is InChI=1S/C9H10O6/c1-3-7(10)14-15-9(12)6-5-8(11)13-4-2/h3-4H,1-2,5-6H2. The molecule has 0 aliphatic carbocycles. The Morgan fingerprint density at radius 3 is 2.13 bits per heavy atom. The molecule has 0 aliphatic rings. The summed E-state index contributed by atoms with van der Waals surface area (Å²) in [6.07, 6.45) is 1.35. The van der Waals surface area contributed by atoms with E-state index >= 15 is 0 Å². The van der Waals surface area contributed by atoms with E-state index in [2.05, 4.69) is 27.7 Å². The minimum absolute atomic E-state index is 0.184. The second-order valence-corrected chi connectivity index (χ2v) is 2.22. The third-order valence-electron chi connectivity index (χ3n) is 1.13. The number of carbonyl (C=O) groups is 3. The molecule has 0 N–H and O–H groups in total. The Kier molecular flexibility index (Phi) is 6.28. The molecule has 82 valence electrons. The Morgan fingerprint density at radius 1 is 1.00 bits per heavy atom. The van der Waals surface area contributed by atoms with Crippen LogP contribution in [0.1, 0.15) is 12.8 Å². The van der Waals surface area contributed by atoms with Gasteiger partial charge >= 0.3 is 17.9 Å². The highest BCUT2D eigenvalue weighted by Crippen LogP contribution is 1.97. The van der Waals surface area contributed by atoms with Crippen LogP contribution in [-0.4, -0.2) is 17.9 Å². The third-order valence-corrected chi connectivity index (χ3v) is 1.13. The second-order valence-electron chi connectivity index (χ2n) is 2.22. The predicted octanol–water partition coefficient (Wildman–Crippen LogP) is 0.641. The third kappa shape index (κ3) is 7.00. The summed E-state index contributed by atoms with van der Waals surface area (Å²) in [5, 5.41) is 0. The van der Waals surface area contributed by atoms with Gasteiger partial charge in [0, 0.05) is 6.08 Å². The zero-order valence-corrected chi connectivity index (χ0v) is 7.93. The zero-order valence-electron chi connectivity index (χ0n) is 7.93. The number of carbonyl (C=O) groups excluding carboxylic acids is 3. The number of ether oxygens (including phenoxy) is 1. The van der Waals surface area contributed by atoms with Crippen LogP contribution in [0.3, 0.4) is 0 Å². The summed E-state index contributed by atoms with van der Waals surface area (Å²) < 4.78 is 4.33. The molecule has 0 aromatic rings. The van der Waals surface area contributed by atoms with Gasteiger partial charge < -0.3 is 4.74 Å². The lowest BCUT2D eigenvalue weighted by molar-refractivity contribution is -0.254. The van der Waals surface area contributed by atoms with Crippen LogP contribution in [0.25, 0.3) is 0 Å². The van der Waals surface area contributed by atoms with Gasteiger partial charge in [0.25, 0.3) is 0 Å². The smallest absolute Gasteiger partial charge is 0.378 e. The molecule has 0 amide bonds. The fourth-order valence-electron chi connectivity index (χ4n) is 0.519. The number of esters is 1. The summed E-state index contributed by atoms with van der Waals surface area (Å²) in [6.45, 7) is 6.24. The normalized spacial score (nSPS) is 8.53. The first-order valence-corrected chi connectivity index (χ1v) is 3.94. The maximum absolute atomic E-state index is 10.8. The predicted molar refractivity (Wildman–Crippen MR) is 47.9 cm³/mol. The molecule has 0 aromatic heterocycles. The Bertz CT molecular complexity index is 280. The molecule has 0 unspecified atom stereocenters. The van der Waals surface area contributed by atoms with Gasteiger partial charge in [0.1, 0.15) is 0 Å². The van der Waals surface area contributed by atoms with Crippen LogP contribution in [0.5, 0.6) is 0 Å². The van der Waals surface area contributed by atoms with E-state index in [1.165, 1.54) is 0 Å². The summed E-state index contributed by atoms with van der Waals surface area (Å²) in [6, 6.07) is 0. The highest BCUT2D eigenvalue weighted by atomic mass is 17.2. The zero-order chi connectivity index (χ0) is 11.7. The van der Waals surface area contributed by atoms with Crippen molar-refractivity contribution in [3.05, 3.63) is 25.5 Å². The molecule has 0 aliphatic heterocycles. The lowest BCUT2D eigenvalue weighted by Gasteiger charge is -2.00. The van der Waals surface area contributed by atoms with Crippen molar-refractivity contribution in [2.24, 2.45) is 0 Å². The summed E-state index contributed by atoms with van der Waals surface area (Å²) in [5.41, 5.74) is 0. The largest absolute Gasteiger partial charge is 0.435 e. The van der Waals surface area contributed by atoms with Gasteiger partial charge in [-0.3, -0.25) is 4.79 Å². The number of rotatable bonds is 5. The van der Waals surface area contributed by atoms with Gasteiger partial charge in [0.05, 0.1) is 19.1 Å². The first-order chi connectivity index (χ1) is 7.10. The van der Waals surface area contributed by atoms with Gasteiger partial charge in [-0.25, -0.2) is 19.4 Å². The lowest BCUT2D eigenvalue weighted by atomic mass is 10.3. The number of hydrogen-bond donors (Lipinski definition) is 0. The van der Waals surface area contributed by atoms with Gasteiger partial charge in [0.15, 0.2) is 0 Å². The molecule has 6 nitrogen and oxygen atoms in total. The van der Waals surface area contributed by atoms with Gasteiger partial charge in [-0.1, -0.05) is 13.2 Å². The van der Waals surface area contributed by atoms with E-state index < -0.39 is 17.9 Å². The maximum atomic E-state index is 10.8. The molecular formula is C9H10O6. The molecule has 0 bridgehead atoms. The van der Waals surface area contributed by atoms with E-state index in [9.17, 15) is 14.4 Å². The highest BCUT2D eigenvalue weighted by molar-refractivity contribution is 5.82. The quantitative estimate of drug-likeness (QED) is 0.220. The van der Waals surface area contributed by atoms with E-state index in [1.54, 1.807) is 0 Å². The molecule has 0 atom stereocenters. The molecule has 0 saturated heterocycles. The molecule has 0 rings (SSSR count). The molecule has 0 fully saturated rings. The minimum Gasteiger partial charge on any atom is -0.435 e. The van der Waals surface area contributed by atoms with Crippen LogP contribution in [0.4, 0.5) is 0 Å². The lowest BCUT2D eigenvalue weighted by Crippen LogP contribution is -2.11. The molecule has 15 heavy (non-hydrogen) atoms. The van der Waals surface area contributed by atoms with Crippen LogP contribution >= 0.6 is 0 Å². The Hall–Kier alpha value is -2.11. The Morgan fingerprint density at radius 2 is 1.60 bits per heavy atom. The molecular weight excluding hydrogens is 204 g/mol. The van der Waals surface area contributed by atoms with Crippen LogP contribution in [-0.2, 0) is 28.9 Å². The van der Waals surface area contributed by atoms with E-state index in [0.29, 0.717) is 0 Å². The van der Waals surface area contributed by atoms with Gasteiger partial charge in [-0.15, -0.1) is 0 Å². The van der Waals surface area contributed by atoms with Crippen molar-refractivity contribution in [1.29, 1.82) is 0 Å². The van der Waals surface area contributed by atoms with Crippen molar-refractivity contribution in [2.45, 2.75) is 12.8 Å². The average Bonchev–Trinajstić information content (AvgIpc) is 2.23. The first-order valence-electron chi connectivity index (χ1n) is 3.94. The summed E-state index contributed by atoms with van der Waals surface area (Å²) in [7, 11) is 0. The average molecular weight is 214 g/mol. The first kappa shape index (κ1) is 12.9. The van der Waals surface area contributed by atoms with Gasteiger partial charge in [-0.05, 0) is 0 Å². The monoisotopic (exact) mass is 214 g/mol. The minimum atomic E-state index is -0.892. The van der Waals surface area contributed by atoms with Crippen LogP contribution in [0, 0.1) is 0 Å². The van der Waals surface area contributed by atoms with Crippen LogP contribution in [0.2, 0.25) is 0 Å². The molecule has 0 spiro atoms. The molecule has 6 heteroatoms. The SMILES string of the molecule is C=COC(=O)CCC(=O)OOC(=O)C=C. The Balaban J connectivity index is 3.66. The van der Waals surface area contributed by atoms with Crippen molar-refractivity contribution < 1.29 is 28.9 Å². The van der Waals surface area contributed by atoms with Crippen LogP contribution in [0.15, 0.2) is 25.5 Å². The molecule has 0 radical (unpaired) electrons. The van der Waals surface area contributed by atoms with E-state index in [0.717, 1.165) is 12.3 Å². The second kappa shape index (κ2) is 7.31. The molecule has 0 heterocycles. The van der Waals surface area contributed by atoms with Crippen LogP contribution < -0.4 is 0 Å². The summed E-state index contributed by atoms with van der Waals surface area (Å²) >= 11 is 0. The van der Waals surface area contributed by atoms with Gasteiger partial charge in [0.2, 0.25) is 0 Å². The van der Waals surface area contributed by atoms with Crippen molar-refractivity contribution >= 4 is 17.9 Å².